The summed E-state index contributed by atoms with van der Waals surface area (Å²) in [6.45, 7) is 1.57. The highest BCUT2D eigenvalue weighted by atomic mass is 19.3. The van der Waals surface area contributed by atoms with Gasteiger partial charge in [-0.15, -0.1) is 0 Å². The summed E-state index contributed by atoms with van der Waals surface area (Å²) in [6, 6.07) is 14.4. The average Bonchev–Trinajstić information content (AvgIpc) is 2.61. The number of carbonyl (C=O) groups excluding carboxylic acids is 1. The van der Waals surface area contributed by atoms with Crippen LogP contribution in [0.4, 0.5) is 14.5 Å². The number of anilines is 1. The van der Waals surface area contributed by atoms with E-state index in [1.165, 1.54) is 17.7 Å². The minimum atomic E-state index is -2.95. The van der Waals surface area contributed by atoms with E-state index in [0.29, 0.717) is 26.2 Å². The van der Waals surface area contributed by atoms with Crippen LogP contribution >= 0.6 is 0 Å². The Morgan fingerprint density at radius 3 is 2.44 bits per heavy atom. The average molecular weight is 346 g/mol. The number of rotatable bonds is 4. The van der Waals surface area contributed by atoms with Crippen LogP contribution in [0.5, 0.6) is 5.75 Å². The van der Waals surface area contributed by atoms with Crippen LogP contribution in [0.3, 0.4) is 0 Å². The third kappa shape index (κ3) is 4.07. The molecule has 3 rings (SSSR count). The highest BCUT2D eigenvalue weighted by molar-refractivity contribution is 5.97. The lowest BCUT2D eigenvalue weighted by molar-refractivity contribution is -0.0502. The van der Waals surface area contributed by atoms with Gasteiger partial charge in [0.1, 0.15) is 5.75 Å². The van der Waals surface area contributed by atoms with Crippen molar-refractivity contribution in [1.82, 2.24) is 4.90 Å². The normalized spacial score (nSPS) is 14.7. The van der Waals surface area contributed by atoms with E-state index < -0.39 is 6.61 Å². The summed E-state index contributed by atoms with van der Waals surface area (Å²) in [5.74, 6) is -0.358. The van der Waals surface area contributed by atoms with E-state index in [9.17, 15) is 13.6 Å². The second-order valence-electron chi connectivity index (χ2n) is 5.99. The molecule has 0 aliphatic carbocycles. The molecule has 25 heavy (non-hydrogen) atoms. The van der Waals surface area contributed by atoms with E-state index >= 15 is 0 Å². The molecule has 0 radical (unpaired) electrons. The van der Waals surface area contributed by atoms with Gasteiger partial charge in [0, 0.05) is 31.9 Å². The Bertz CT molecular complexity index is 744. The summed E-state index contributed by atoms with van der Waals surface area (Å²) >= 11 is 0. The molecule has 1 saturated heterocycles. The van der Waals surface area contributed by atoms with Crippen LogP contribution in [-0.2, 0) is 0 Å². The number of para-hydroxylation sites is 1. The summed E-state index contributed by atoms with van der Waals surface area (Å²) in [5.41, 5.74) is 2.49. The van der Waals surface area contributed by atoms with E-state index in [-0.39, 0.29) is 17.2 Å². The van der Waals surface area contributed by atoms with E-state index in [1.54, 1.807) is 17.0 Å². The number of hydrogen-bond acceptors (Lipinski definition) is 3. The molecule has 1 aliphatic rings. The molecule has 1 aliphatic heterocycles. The fraction of sp³-hybridized carbons (Fsp3) is 0.316. The standard InChI is InChI=1S/C19H20F2N2O2/c1-14-5-4-6-15(13-14)22-9-11-23(12-10-22)18(24)16-7-2-3-8-17(16)25-19(20)21/h2-8,13,19H,9-12H2,1H3. The van der Waals surface area contributed by atoms with Gasteiger partial charge in [-0.1, -0.05) is 24.3 Å². The Labute approximate surface area is 145 Å². The van der Waals surface area contributed by atoms with Crippen molar-refractivity contribution in [1.29, 1.82) is 0 Å². The topological polar surface area (TPSA) is 32.8 Å². The van der Waals surface area contributed by atoms with Crippen molar-refractivity contribution < 1.29 is 18.3 Å². The van der Waals surface area contributed by atoms with Crippen molar-refractivity contribution in [3.05, 3.63) is 59.7 Å². The molecule has 0 aromatic heterocycles. The molecular weight excluding hydrogens is 326 g/mol. The number of alkyl halides is 2. The van der Waals surface area contributed by atoms with Crippen molar-refractivity contribution >= 4 is 11.6 Å². The Balaban J connectivity index is 1.68. The van der Waals surface area contributed by atoms with Gasteiger partial charge in [-0.3, -0.25) is 4.79 Å². The van der Waals surface area contributed by atoms with Gasteiger partial charge in [0.25, 0.3) is 5.91 Å². The second kappa shape index (κ2) is 7.51. The van der Waals surface area contributed by atoms with Crippen molar-refractivity contribution in [2.45, 2.75) is 13.5 Å². The van der Waals surface area contributed by atoms with Crippen LogP contribution in [0.1, 0.15) is 15.9 Å². The smallest absolute Gasteiger partial charge is 0.387 e. The van der Waals surface area contributed by atoms with Crippen LogP contribution in [0, 0.1) is 6.92 Å². The second-order valence-corrected chi connectivity index (χ2v) is 5.99. The molecule has 0 N–H and O–H groups in total. The lowest BCUT2D eigenvalue weighted by Crippen LogP contribution is -2.48. The molecule has 132 valence electrons. The highest BCUT2D eigenvalue weighted by Gasteiger charge is 2.25. The molecular formula is C19H20F2N2O2. The lowest BCUT2D eigenvalue weighted by atomic mass is 10.1. The third-order valence-electron chi connectivity index (χ3n) is 4.27. The van der Waals surface area contributed by atoms with Crippen molar-refractivity contribution in [3.8, 4) is 5.75 Å². The first kappa shape index (κ1) is 17.2. The van der Waals surface area contributed by atoms with Crippen LogP contribution < -0.4 is 9.64 Å². The number of carbonyl (C=O) groups is 1. The van der Waals surface area contributed by atoms with E-state index in [1.807, 2.05) is 19.1 Å². The Morgan fingerprint density at radius 1 is 1.04 bits per heavy atom. The van der Waals surface area contributed by atoms with Gasteiger partial charge in [0.2, 0.25) is 0 Å². The van der Waals surface area contributed by atoms with Crippen molar-refractivity contribution in [2.24, 2.45) is 0 Å². The molecule has 6 heteroatoms. The summed E-state index contributed by atoms with van der Waals surface area (Å²) in [7, 11) is 0. The quantitative estimate of drug-likeness (QED) is 0.849. The zero-order valence-electron chi connectivity index (χ0n) is 14.0. The molecule has 2 aromatic rings. The predicted octanol–water partition coefficient (Wildman–Crippen LogP) is 3.56. The van der Waals surface area contributed by atoms with Crippen LogP contribution in [-0.4, -0.2) is 43.6 Å². The Hall–Kier alpha value is -2.63. The molecule has 1 amide bonds. The molecule has 0 atom stereocenters. The number of benzene rings is 2. The van der Waals surface area contributed by atoms with E-state index in [4.69, 9.17) is 0 Å². The van der Waals surface area contributed by atoms with Crippen LogP contribution in [0.2, 0.25) is 0 Å². The molecule has 1 heterocycles. The number of amides is 1. The van der Waals surface area contributed by atoms with Gasteiger partial charge in [0.15, 0.2) is 0 Å². The van der Waals surface area contributed by atoms with Gasteiger partial charge in [-0.25, -0.2) is 0 Å². The molecule has 4 nitrogen and oxygen atoms in total. The molecule has 0 saturated carbocycles. The largest absolute Gasteiger partial charge is 0.434 e. The summed E-state index contributed by atoms with van der Waals surface area (Å²) in [5, 5.41) is 0. The van der Waals surface area contributed by atoms with Gasteiger partial charge in [0.05, 0.1) is 5.56 Å². The molecule has 0 unspecified atom stereocenters. The highest BCUT2D eigenvalue weighted by Crippen LogP contribution is 2.23. The monoisotopic (exact) mass is 346 g/mol. The number of aryl methyl sites for hydroxylation is 1. The van der Waals surface area contributed by atoms with Crippen molar-refractivity contribution in [2.75, 3.05) is 31.1 Å². The van der Waals surface area contributed by atoms with E-state index in [2.05, 4.69) is 21.8 Å². The maximum Gasteiger partial charge on any atom is 0.387 e. The van der Waals surface area contributed by atoms with E-state index in [0.717, 1.165) is 5.69 Å². The fourth-order valence-electron chi connectivity index (χ4n) is 3.00. The minimum absolute atomic E-state index is 0.0800. The molecule has 0 spiro atoms. The third-order valence-corrected chi connectivity index (χ3v) is 4.27. The zero-order chi connectivity index (χ0) is 17.8. The van der Waals surface area contributed by atoms with Gasteiger partial charge >= 0.3 is 6.61 Å². The summed E-state index contributed by atoms with van der Waals surface area (Å²) in [4.78, 5) is 16.6. The number of ether oxygens (including phenoxy) is 1. The van der Waals surface area contributed by atoms with Crippen molar-refractivity contribution in [3.63, 3.8) is 0 Å². The van der Waals surface area contributed by atoms with Crippen LogP contribution in [0.15, 0.2) is 48.5 Å². The number of hydrogen-bond donors (Lipinski definition) is 0. The first-order chi connectivity index (χ1) is 12.0. The maximum absolute atomic E-state index is 12.7. The number of nitrogens with zero attached hydrogens (tertiary/aromatic N) is 2. The molecule has 0 bridgehead atoms. The molecule has 1 fully saturated rings. The fourth-order valence-corrected chi connectivity index (χ4v) is 3.00. The van der Waals surface area contributed by atoms with Crippen LogP contribution in [0.25, 0.3) is 0 Å². The number of piperazine rings is 1. The maximum atomic E-state index is 12.7. The number of halogens is 2. The Morgan fingerprint density at radius 2 is 1.76 bits per heavy atom. The molecule has 2 aromatic carbocycles. The van der Waals surface area contributed by atoms with Gasteiger partial charge in [-0.2, -0.15) is 8.78 Å². The van der Waals surface area contributed by atoms with Gasteiger partial charge in [-0.05, 0) is 36.8 Å². The first-order valence-corrected chi connectivity index (χ1v) is 8.19. The predicted molar refractivity (Wildman–Crippen MR) is 92.4 cm³/mol. The summed E-state index contributed by atoms with van der Waals surface area (Å²) in [6.07, 6.45) is 0. The first-order valence-electron chi connectivity index (χ1n) is 8.19. The minimum Gasteiger partial charge on any atom is -0.434 e. The SMILES string of the molecule is Cc1cccc(N2CCN(C(=O)c3ccccc3OC(F)F)CC2)c1. The Kier molecular flexibility index (Phi) is 5.16. The zero-order valence-corrected chi connectivity index (χ0v) is 14.0. The summed E-state index contributed by atoms with van der Waals surface area (Å²) < 4.78 is 29.5. The van der Waals surface area contributed by atoms with Gasteiger partial charge < -0.3 is 14.5 Å². The lowest BCUT2D eigenvalue weighted by Gasteiger charge is -2.36.